The van der Waals surface area contributed by atoms with Gasteiger partial charge in [0.15, 0.2) is 0 Å². The number of hydrogen-bond donors (Lipinski definition) is 1. The summed E-state index contributed by atoms with van der Waals surface area (Å²) in [5, 5.41) is 3.37. The van der Waals surface area contributed by atoms with Crippen LogP contribution in [0.3, 0.4) is 0 Å². The summed E-state index contributed by atoms with van der Waals surface area (Å²) in [5.41, 5.74) is 0. The van der Waals surface area contributed by atoms with Crippen molar-refractivity contribution >= 4 is 5.91 Å². The van der Waals surface area contributed by atoms with E-state index in [1.165, 1.54) is 0 Å². The number of likely N-dealkylation sites (tertiary alicyclic amines) is 1. The third-order valence-electron chi connectivity index (χ3n) is 3.28. The summed E-state index contributed by atoms with van der Waals surface area (Å²) in [4.78, 5) is 14.0. The number of nitrogens with zero attached hydrogens (tertiary/aromatic N) is 1. The SMILES string of the molecule is CC(C)CN1CC2CNCCC2C1=O. The molecule has 1 N–H and O–H groups in total. The first-order chi connectivity index (χ1) is 6.68. The second-order valence-corrected chi connectivity index (χ2v) is 5.00. The van der Waals surface area contributed by atoms with Crippen molar-refractivity contribution in [3.8, 4) is 0 Å². The van der Waals surface area contributed by atoms with Crippen molar-refractivity contribution in [2.75, 3.05) is 26.2 Å². The molecule has 2 saturated heterocycles. The molecule has 0 aromatic carbocycles. The standard InChI is InChI=1S/C11H20N2O/c1-8(2)6-13-7-9-5-12-4-3-10(9)11(13)14/h8-10,12H,3-7H2,1-2H3. The minimum absolute atomic E-state index is 0.329. The number of piperidine rings is 1. The summed E-state index contributed by atoms with van der Waals surface area (Å²) in [6.45, 7) is 8.31. The summed E-state index contributed by atoms with van der Waals surface area (Å²) in [7, 11) is 0. The van der Waals surface area contributed by atoms with E-state index in [1.807, 2.05) is 0 Å². The van der Waals surface area contributed by atoms with Crippen molar-refractivity contribution < 1.29 is 4.79 Å². The molecule has 2 heterocycles. The van der Waals surface area contributed by atoms with Gasteiger partial charge in [0.05, 0.1) is 0 Å². The van der Waals surface area contributed by atoms with Crippen LogP contribution in [0, 0.1) is 17.8 Å². The highest BCUT2D eigenvalue weighted by atomic mass is 16.2. The average molecular weight is 196 g/mol. The molecule has 2 aliphatic heterocycles. The first-order valence-corrected chi connectivity index (χ1v) is 5.68. The molecule has 0 spiro atoms. The Morgan fingerprint density at radius 1 is 1.57 bits per heavy atom. The van der Waals surface area contributed by atoms with E-state index in [0.717, 1.165) is 32.6 Å². The molecular weight excluding hydrogens is 176 g/mol. The molecule has 0 aromatic heterocycles. The summed E-state index contributed by atoms with van der Waals surface area (Å²) in [6, 6.07) is 0. The highest BCUT2D eigenvalue weighted by Gasteiger charge is 2.41. The van der Waals surface area contributed by atoms with Crippen molar-refractivity contribution in [3.63, 3.8) is 0 Å². The van der Waals surface area contributed by atoms with Crippen LogP contribution in [0.15, 0.2) is 0 Å². The van der Waals surface area contributed by atoms with E-state index in [2.05, 4.69) is 24.1 Å². The number of carbonyl (C=O) groups excluding carboxylic acids is 1. The molecule has 14 heavy (non-hydrogen) atoms. The van der Waals surface area contributed by atoms with Gasteiger partial charge in [-0.2, -0.15) is 0 Å². The van der Waals surface area contributed by atoms with Gasteiger partial charge in [-0.3, -0.25) is 4.79 Å². The molecule has 80 valence electrons. The van der Waals surface area contributed by atoms with Crippen LogP contribution in [0.1, 0.15) is 20.3 Å². The Hall–Kier alpha value is -0.570. The second kappa shape index (κ2) is 3.89. The van der Waals surface area contributed by atoms with E-state index in [9.17, 15) is 4.79 Å². The molecule has 2 atom stereocenters. The summed E-state index contributed by atoms with van der Waals surface area (Å²) in [6.07, 6.45) is 1.04. The second-order valence-electron chi connectivity index (χ2n) is 5.00. The lowest BCUT2D eigenvalue weighted by Crippen LogP contribution is -2.36. The number of nitrogens with one attached hydrogen (secondary N) is 1. The maximum Gasteiger partial charge on any atom is 0.226 e. The van der Waals surface area contributed by atoms with Crippen molar-refractivity contribution in [1.29, 1.82) is 0 Å². The van der Waals surface area contributed by atoms with E-state index in [4.69, 9.17) is 0 Å². The average Bonchev–Trinajstić information content (AvgIpc) is 2.44. The van der Waals surface area contributed by atoms with Crippen LogP contribution >= 0.6 is 0 Å². The minimum atomic E-state index is 0.329. The maximum absolute atomic E-state index is 12.0. The van der Waals surface area contributed by atoms with Gasteiger partial charge in [-0.05, 0) is 18.9 Å². The molecule has 2 fully saturated rings. The van der Waals surface area contributed by atoms with Crippen molar-refractivity contribution in [3.05, 3.63) is 0 Å². The monoisotopic (exact) mass is 196 g/mol. The van der Waals surface area contributed by atoms with Crippen LogP contribution < -0.4 is 5.32 Å². The van der Waals surface area contributed by atoms with E-state index in [-0.39, 0.29) is 0 Å². The minimum Gasteiger partial charge on any atom is -0.342 e. The van der Waals surface area contributed by atoms with Crippen LogP contribution in [-0.4, -0.2) is 37.0 Å². The number of amides is 1. The number of carbonyl (C=O) groups is 1. The molecule has 2 aliphatic rings. The largest absolute Gasteiger partial charge is 0.342 e. The lowest BCUT2D eigenvalue weighted by atomic mass is 9.89. The summed E-state index contributed by atoms with van der Waals surface area (Å²) < 4.78 is 0. The predicted molar refractivity (Wildman–Crippen MR) is 55.9 cm³/mol. The fourth-order valence-electron chi connectivity index (χ4n) is 2.65. The normalized spacial score (nSPS) is 32.5. The van der Waals surface area contributed by atoms with E-state index < -0.39 is 0 Å². The van der Waals surface area contributed by atoms with Crippen molar-refractivity contribution in [1.82, 2.24) is 10.2 Å². The Morgan fingerprint density at radius 2 is 2.36 bits per heavy atom. The number of fused-ring (bicyclic) bond motifs is 1. The number of rotatable bonds is 2. The van der Waals surface area contributed by atoms with Gasteiger partial charge in [0.25, 0.3) is 0 Å². The maximum atomic E-state index is 12.0. The molecule has 0 saturated carbocycles. The Balaban J connectivity index is 1.99. The first kappa shape index (κ1) is 9.97. The lowest BCUT2D eigenvalue weighted by molar-refractivity contribution is -0.131. The van der Waals surface area contributed by atoms with E-state index in [1.54, 1.807) is 0 Å². The zero-order chi connectivity index (χ0) is 10.1. The smallest absolute Gasteiger partial charge is 0.226 e. The van der Waals surface area contributed by atoms with Gasteiger partial charge in [-0.15, -0.1) is 0 Å². The van der Waals surface area contributed by atoms with Gasteiger partial charge < -0.3 is 10.2 Å². The van der Waals surface area contributed by atoms with Crippen LogP contribution in [0.25, 0.3) is 0 Å². The van der Waals surface area contributed by atoms with Gasteiger partial charge >= 0.3 is 0 Å². The first-order valence-electron chi connectivity index (χ1n) is 5.68. The summed E-state index contributed by atoms with van der Waals surface area (Å²) >= 11 is 0. The molecule has 3 nitrogen and oxygen atoms in total. The van der Waals surface area contributed by atoms with E-state index in [0.29, 0.717) is 23.7 Å². The molecule has 2 unspecified atom stereocenters. The quantitative estimate of drug-likeness (QED) is 0.705. The van der Waals surface area contributed by atoms with Crippen LogP contribution in [-0.2, 0) is 4.79 Å². The zero-order valence-electron chi connectivity index (χ0n) is 9.12. The number of hydrogen-bond acceptors (Lipinski definition) is 2. The Morgan fingerprint density at radius 3 is 3.00 bits per heavy atom. The fraction of sp³-hybridized carbons (Fsp3) is 0.909. The Labute approximate surface area is 85.8 Å². The van der Waals surface area contributed by atoms with Crippen molar-refractivity contribution in [2.24, 2.45) is 17.8 Å². The Kier molecular flexibility index (Phi) is 2.77. The summed E-state index contributed by atoms with van der Waals surface area (Å²) in [5.74, 6) is 1.90. The van der Waals surface area contributed by atoms with Crippen LogP contribution in [0.4, 0.5) is 0 Å². The molecule has 0 radical (unpaired) electrons. The zero-order valence-corrected chi connectivity index (χ0v) is 9.12. The molecular formula is C11H20N2O. The fourth-order valence-corrected chi connectivity index (χ4v) is 2.65. The van der Waals surface area contributed by atoms with Gasteiger partial charge in [-0.25, -0.2) is 0 Å². The molecule has 1 amide bonds. The lowest BCUT2D eigenvalue weighted by Gasteiger charge is -2.22. The Bertz CT molecular complexity index is 227. The van der Waals surface area contributed by atoms with Gasteiger partial charge in [0, 0.05) is 31.5 Å². The van der Waals surface area contributed by atoms with Crippen LogP contribution in [0.2, 0.25) is 0 Å². The molecule has 0 aliphatic carbocycles. The third-order valence-corrected chi connectivity index (χ3v) is 3.28. The molecule has 3 heteroatoms. The third kappa shape index (κ3) is 1.78. The van der Waals surface area contributed by atoms with Crippen molar-refractivity contribution in [2.45, 2.75) is 20.3 Å². The molecule has 2 rings (SSSR count). The van der Waals surface area contributed by atoms with Gasteiger partial charge in [0.2, 0.25) is 5.91 Å². The predicted octanol–water partition coefficient (Wildman–Crippen LogP) is 0.710. The van der Waals surface area contributed by atoms with Gasteiger partial charge in [0.1, 0.15) is 0 Å². The van der Waals surface area contributed by atoms with E-state index >= 15 is 0 Å². The van der Waals surface area contributed by atoms with Crippen LogP contribution in [0.5, 0.6) is 0 Å². The van der Waals surface area contributed by atoms with Gasteiger partial charge in [-0.1, -0.05) is 13.8 Å². The highest BCUT2D eigenvalue weighted by Crippen LogP contribution is 2.29. The molecule has 0 bridgehead atoms. The molecule has 0 aromatic rings. The highest BCUT2D eigenvalue weighted by molar-refractivity contribution is 5.81. The topological polar surface area (TPSA) is 32.3 Å².